The van der Waals surface area contributed by atoms with Gasteiger partial charge in [-0.05, 0) is 55.2 Å². The van der Waals surface area contributed by atoms with Gasteiger partial charge in [0.25, 0.3) is 0 Å². The number of thiazole rings is 1. The summed E-state index contributed by atoms with van der Waals surface area (Å²) >= 11 is 2.93. The molecule has 0 fully saturated rings. The van der Waals surface area contributed by atoms with Gasteiger partial charge in [0.05, 0.1) is 15.5 Å². The second-order valence-electron chi connectivity index (χ2n) is 8.55. The number of nitrogens with zero attached hydrogens (tertiary/aromatic N) is 1. The summed E-state index contributed by atoms with van der Waals surface area (Å²) in [6.07, 6.45) is 0.449. The standard InChI is InChI=1S/C23H27N3O2S2/c1-14-9-10-18-19(11-14)30-22(25-18)26-21(28)15(2)29-17-8-6-7-16(12-17)24-20(27)13-23(3,4)5/h6-12,15H,13H2,1-5H3,(H,24,27)(H,25,26,28). The highest BCUT2D eigenvalue weighted by atomic mass is 32.2. The van der Waals surface area contributed by atoms with E-state index in [1.807, 2.05) is 71.0 Å². The number of rotatable bonds is 6. The van der Waals surface area contributed by atoms with Crippen molar-refractivity contribution in [3.8, 4) is 0 Å². The summed E-state index contributed by atoms with van der Waals surface area (Å²) in [7, 11) is 0. The molecule has 7 heteroatoms. The number of aromatic nitrogens is 1. The first-order chi connectivity index (χ1) is 14.1. The van der Waals surface area contributed by atoms with Gasteiger partial charge in [0.1, 0.15) is 0 Å². The Bertz CT molecular complexity index is 1070. The van der Waals surface area contributed by atoms with Crippen LogP contribution in [-0.2, 0) is 9.59 Å². The summed E-state index contributed by atoms with van der Waals surface area (Å²) in [6, 6.07) is 13.6. The summed E-state index contributed by atoms with van der Waals surface area (Å²) < 4.78 is 1.06. The predicted octanol–water partition coefficient (Wildman–Crippen LogP) is 6.10. The SMILES string of the molecule is Cc1ccc2nc(NC(=O)C(C)Sc3cccc(NC(=O)CC(C)(C)C)c3)sc2c1. The molecule has 1 atom stereocenters. The first kappa shape index (κ1) is 22.3. The molecule has 158 valence electrons. The first-order valence-corrected chi connectivity index (χ1v) is 11.5. The van der Waals surface area contributed by atoms with Gasteiger partial charge in [-0.25, -0.2) is 4.98 Å². The molecule has 3 aromatic rings. The molecule has 0 bridgehead atoms. The van der Waals surface area contributed by atoms with Crippen molar-refractivity contribution in [2.75, 3.05) is 10.6 Å². The van der Waals surface area contributed by atoms with Gasteiger partial charge in [-0.15, -0.1) is 11.8 Å². The van der Waals surface area contributed by atoms with E-state index in [2.05, 4.69) is 21.7 Å². The smallest absolute Gasteiger partial charge is 0.239 e. The predicted molar refractivity (Wildman–Crippen MR) is 127 cm³/mol. The molecule has 2 aromatic carbocycles. The zero-order valence-electron chi connectivity index (χ0n) is 17.9. The second kappa shape index (κ2) is 9.18. The lowest BCUT2D eigenvalue weighted by Gasteiger charge is -2.17. The first-order valence-electron chi connectivity index (χ1n) is 9.84. The van der Waals surface area contributed by atoms with Crippen LogP contribution in [0.15, 0.2) is 47.4 Å². The number of fused-ring (bicyclic) bond motifs is 1. The number of carbonyl (C=O) groups excluding carboxylic acids is 2. The van der Waals surface area contributed by atoms with Crippen molar-refractivity contribution < 1.29 is 9.59 Å². The van der Waals surface area contributed by atoms with E-state index in [9.17, 15) is 9.59 Å². The van der Waals surface area contributed by atoms with Crippen molar-refractivity contribution in [3.63, 3.8) is 0 Å². The Morgan fingerprint density at radius 3 is 2.63 bits per heavy atom. The number of aryl methyl sites for hydroxylation is 1. The van der Waals surface area contributed by atoms with Crippen molar-refractivity contribution in [2.24, 2.45) is 5.41 Å². The zero-order valence-corrected chi connectivity index (χ0v) is 19.5. The Kier molecular flexibility index (Phi) is 6.83. The topological polar surface area (TPSA) is 71.1 Å². The van der Waals surface area contributed by atoms with E-state index in [1.165, 1.54) is 28.7 Å². The summed E-state index contributed by atoms with van der Waals surface area (Å²) in [6.45, 7) is 10.0. The van der Waals surface area contributed by atoms with Gasteiger partial charge in [0.2, 0.25) is 11.8 Å². The number of benzene rings is 2. The fourth-order valence-corrected chi connectivity index (χ4v) is 4.78. The highest BCUT2D eigenvalue weighted by Crippen LogP contribution is 2.30. The summed E-state index contributed by atoms with van der Waals surface area (Å²) in [5.74, 6) is -0.112. The van der Waals surface area contributed by atoms with E-state index < -0.39 is 0 Å². The van der Waals surface area contributed by atoms with Crippen LogP contribution in [0.3, 0.4) is 0 Å². The molecule has 2 amide bonds. The van der Waals surface area contributed by atoms with E-state index in [4.69, 9.17) is 0 Å². The molecule has 0 radical (unpaired) electrons. The molecule has 3 rings (SSSR count). The molecule has 0 saturated heterocycles. The molecule has 0 aliphatic carbocycles. The van der Waals surface area contributed by atoms with Gasteiger partial charge in [-0.1, -0.05) is 44.2 Å². The van der Waals surface area contributed by atoms with Crippen LogP contribution in [0, 0.1) is 12.3 Å². The fourth-order valence-electron chi connectivity index (χ4n) is 2.88. The molecule has 30 heavy (non-hydrogen) atoms. The van der Waals surface area contributed by atoms with Crippen molar-refractivity contribution in [1.82, 2.24) is 4.98 Å². The second-order valence-corrected chi connectivity index (χ2v) is 11.0. The van der Waals surface area contributed by atoms with Crippen molar-refractivity contribution in [2.45, 2.75) is 51.2 Å². The third kappa shape index (κ3) is 6.31. The summed E-state index contributed by atoms with van der Waals surface area (Å²) in [5.41, 5.74) is 2.73. The third-order valence-electron chi connectivity index (χ3n) is 4.26. The molecular formula is C23H27N3O2S2. The van der Waals surface area contributed by atoms with Gasteiger partial charge in [0, 0.05) is 17.0 Å². The molecule has 5 nitrogen and oxygen atoms in total. The van der Waals surface area contributed by atoms with Gasteiger partial charge >= 0.3 is 0 Å². The monoisotopic (exact) mass is 441 g/mol. The lowest BCUT2D eigenvalue weighted by atomic mass is 9.92. The Hall–Kier alpha value is -2.38. The normalized spacial score (nSPS) is 12.6. The highest BCUT2D eigenvalue weighted by Gasteiger charge is 2.18. The van der Waals surface area contributed by atoms with Gasteiger partial charge in [-0.2, -0.15) is 0 Å². The number of hydrogen-bond donors (Lipinski definition) is 2. The molecule has 1 unspecified atom stereocenters. The fraction of sp³-hybridized carbons (Fsp3) is 0.348. The molecule has 0 saturated carbocycles. The molecule has 2 N–H and O–H groups in total. The number of hydrogen-bond acceptors (Lipinski definition) is 5. The van der Waals surface area contributed by atoms with Gasteiger partial charge < -0.3 is 10.6 Å². The van der Waals surface area contributed by atoms with Crippen LogP contribution in [0.1, 0.15) is 39.7 Å². The Morgan fingerprint density at radius 2 is 1.90 bits per heavy atom. The molecule has 0 aliphatic heterocycles. The number of thioether (sulfide) groups is 1. The lowest BCUT2D eigenvalue weighted by molar-refractivity contribution is -0.118. The molecular weight excluding hydrogens is 414 g/mol. The van der Waals surface area contributed by atoms with Crippen LogP contribution in [0.25, 0.3) is 10.2 Å². The van der Waals surface area contributed by atoms with E-state index in [-0.39, 0.29) is 22.5 Å². The molecule has 1 aromatic heterocycles. The van der Waals surface area contributed by atoms with Crippen LogP contribution >= 0.6 is 23.1 Å². The molecule has 0 spiro atoms. The van der Waals surface area contributed by atoms with E-state index in [0.29, 0.717) is 11.6 Å². The van der Waals surface area contributed by atoms with Crippen molar-refractivity contribution in [1.29, 1.82) is 0 Å². The maximum Gasteiger partial charge on any atom is 0.239 e. The van der Waals surface area contributed by atoms with Crippen LogP contribution in [0.2, 0.25) is 0 Å². The van der Waals surface area contributed by atoms with Crippen molar-refractivity contribution in [3.05, 3.63) is 48.0 Å². The minimum Gasteiger partial charge on any atom is -0.326 e. The average Bonchev–Trinajstić information content (AvgIpc) is 3.01. The number of anilines is 2. The maximum atomic E-state index is 12.6. The van der Waals surface area contributed by atoms with E-state index in [0.717, 1.165) is 20.8 Å². The summed E-state index contributed by atoms with van der Waals surface area (Å²) in [4.78, 5) is 30.2. The number of nitrogens with one attached hydrogen (secondary N) is 2. The Labute approximate surface area is 185 Å². The Balaban J connectivity index is 1.61. The van der Waals surface area contributed by atoms with Crippen LogP contribution in [-0.4, -0.2) is 22.0 Å². The lowest BCUT2D eigenvalue weighted by Crippen LogP contribution is -2.22. The highest BCUT2D eigenvalue weighted by molar-refractivity contribution is 8.00. The average molecular weight is 442 g/mol. The maximum absolute atomic E-state index is 12.6. The zero-order chi connectivity index (χ0) is 21.9. The minimum absolute atomic E-state index is 0.0125. The largest absolute Gasteiger partial charge is 0.326 e. The van der Waals surface area contributed by atoms with Gasteiger partial charge in [0.15, 0.2) is 5.13 Å². The number of amides is 2. The van der Waals surface area contributed by atoms with Crippen LogP contribution in [0.5, 0.6) is 0 Å². The minimum atomic E-state index is -0.306. The van der Waals surface area contributed by atoms with Crippen molar-refractivity contribution >= 4 is 55.9 Å². The number of carbonyl (C=O) groups is 2. The Morgan fingerprint density at radius 1 is 1.13 bits per heavy atom. The third-order valence-corrected chi connectivity index (χ3v) is 6.29. The van der Waals surface area contributed by atoms with E-state index >= 15 is 0 Å². The molecule has 0 aliphatic rings. The van der Waals surface area contributed by atoms with E-state index in [1.54, 1.807) is 0 Å². The summed E-state index contributed by atoms with van der Waals surface area (Å²) in [5, 5.41) is 6.16. The molecule has 1 heterocycles. The van der Waals surface area contributed by atoms with Crippen LogP contribution < -0.4 is 10.6 Å². The van der Waals surface area contributed by atoms with Crippen LogP contribution in [0.4, 0.5) is 10.8 Å². The van der Waals surface area contributed by atoms with Gasteiger partial charge in [-0.3, -0.25) is 9.59 Å². The quantitative estimate of drug-likeness (QED) is 0.454.